The molecule has 0 unspecified atom stereocenters. The third-order valence-electron chi connectivity index (χ3n) is 4.67. The van der Waals surface area contributed by atoms with Crippen LogP contribution in [0, 0.1) is 6.92 Å². The largest absolute Gasteiger partial charge is 0.286 e. The molecule has 0 bridgehead atoms. The van der Waals surface area contributed by atoms with Gasteiger partial charge in [0.25, 0.3) is 26.0 Å². The molecule has 8 nitrogen and oxygen atoms in total. The fourth-order valence-corrected chi connectivity index (χ4v) is 5.68. The summed E-state index contributed by atoms with van der Waals surface area (Å²) in [6, 6.07) is 18.0. The Balaban J connectivity index is 1.82. The van der Waals surface area contributed by atoms with E-state index in [1.165, 1.54) is 42.5 Å². The zero-order chi connectivity index (χ0) is 23.1. The zero-order valence-corrected chi connectivity index (χ0v) is 19.8. The van der Waals surface area contributed by atoms with Gasteiger partial charge in [0, 0.05) is 15.6 Å². The lowest BCUT2D eigenvalue weighted by molar-refractivity contribution is 0.0838. The van der Waals surface area contributed by atoms with Crippen LogP contribution in [0.3, 0.4) is 0 Å². The molecule has 1 aliphatic rings. The molecular formula is C21H16BrN3O5S2. The van der Waals surface area contributed by atoms with Gasteiger partial charge in [0.15, 0.2) is 5.84 Å². The summed E-state index contributed by atoms with van der Waals surface area (Å²) in [5, 5.41) is 0. The summed E-state index contributed by atoms with van der Waals surface area (Å²) in [5.41, 5.74) is 3.53. The van der Waals surface area contributed by atoms with Gasteiger partial charge in [0.05, 0.1) is 4.90 Å². The fourth-order valence-electron chi connectivity index (χ4n) is 3.03. The predicted octanol–water partition coefficient (Wildman–Crippen LogP) is 3.24. The molecule has 0 aliphatic carbocycles. The second-order valence-electron chi connectivity index (χ2n) is 6.92. The lowest BCUT2D eigenvalue weighted by atomic mass is 10.2. The number of benzene rings is 3. The molecule has 3 aromatic rings. The molecular weight excluding hydrogens is 518 g/mol. The normalized spacial score (nSPS) is 14.4. The summed E-state index contributed by atoms with van der Waals surface area (Å²) in [5.74, 6) is -1.16. The van der Waals surface area contributed by atoms with E-state index in [-0.39, 0.29) is 26.8 Å². The Morgan fingerprint density at radius 2 is 1.59 bits per heavy atom. The van der Waals surface area contributed by atoms with Crippen LogP contribution >= 0.6 is 15.9 Å². The summed E-state index contributed by atoms with van der Waals surface area (Å²) < 4.78 is 56.4. The van der Waals surface area contributed by atoms with Gasteiger partial charge in [-0.1, -0.05) is 45.8 Å². The predicted molar refractivity (Wildman–Crippen MR) is 122 cm³/mol. The second-order valence-corrected chi connectivity index (χ2v) is 11.2. The van der Waals surface area contributed by atoms with E-state index in [4.69, 9.17) is 0 Å². The Hall–Kier alpha value is -3.02. The molecule has 0 fully saturated rings. The summed E-state index contributed by atoms with van der Waals surface area (Å²) in [4.78, 5) is 13.0. The highest BCUT2D eigenvalue weighted by Gasteiger charge is 2.36. The van der Waals surface area contributed by atoms with Gasteiger partial charge in [-0.2, -0.15) is 16.8 Å². The van der Waals surface area contributed by atoms with E-state index in [1.807, 2.05) is 0 Å². The van der Waals surface area contributed by atoms with Crippen molar-refractivity contribution < 1.29 is 21.6 Å². The van der Waals surface area contributed by atoms with Crippen LogP contribution in [0.1, 0.15) is 21.5 Å². The number of nitrogens with zero attached hydrogens (tertiary/aromatic N) is 2. The minimum Gasteiger partial charge on any atom is -0.266 e. The van der Waals surface area contributed by atoms with Gasteiger partial charge in [-0.25, -0.2) is 0 Å². The summed E-state index contributed by atoms with van der Waals surface area (Å²) in [6.07, 6.45) is 0. The quantitative estimate of drug-likeness (QED) is 0.517. The smallest absolute Gasteiger partial charge is 0.266 e. The Labute approximate surface area is 193 Å². The highest BCUT2D eigenvalue weighted by molar-refractivity contribution is 9.10. The first-order valence-electron chi connectivity index (χ1n) is 9.22. The zero-order valence-electron chi connectivity index (χ0n) is 16.6. The molecule has 1 aliphatic heterocycles. The number of amides is 1. The summed E-state index contributed by atoms with van der Waals surface area (Å²) in [7, 11) is -8.44. The van der Waals surface area contributed by atoms with Gasteiger partial charge in [-0.3, -0.25) is 10.2 Å². The van der Waals surface area contributed by atoms with Crippen molar-refractivity contribution in [2.45, 2.75) is 16.7 Å². The fraction of sp³-hybridized carbons (Fsp3) is 0.0476. The number of aryl methyl sites for hydroxylation is 1. The highest BCUT2D eigenvalue weighted by atomic mass is 79.9. The Morgan fingerprint density at radius 3 is 2.25 bits per heavy atom. The average Bonchev–Trinajstić information content (AvgIpc) is 3.02. The van der Waals surface area contributed by atoms with Gasteiger partial charge in [0.2, 0.25) is 0 Å². The van der Waals surface area contributed by atoms with Crippen LogP contribution in [0.2, 0.25) is 0 Å². The second kappa shape index (κ2) is 8.15. The third kappa shape index (κ3) is 4.06. The molecule has 1 amide bonds. The highest BCUT2D eigenvalue weighted by Crippen LogP contribution is 2.26. The molecule has 1 N–H and O–H groups in total. The molecule has 164 valence electrons. The molecule has 0 aromatic heterocycles. The first-order valence-corrected chi connectivity index (χ1v) is 12.9. The Morgan fingerprint density at radius 1 is 0.969 bits per heavy atom. The first kappa shape index (κ1) is 22.2. The topological polar surface area (TPSA) is 113 Å². The van der Waals surface area contributed by atoms with Crippen molar-refractivity contribution in [2.75, 3.05) is 0 Å². The molecule has 0 radical (unpaired) electrons. The van der Waals surface area contributed by atoms with E-state index in [1.54, 1.807) is 37.3 Å². The van der Waals surface area contributed by atoms with E-state index in [0.717, 1.165) is 5.56 Å². The maximum Gasteiger partial charge on any atom is 0.286 e. The molecule has 4 rings (SSSR count). The van der Waals surface area contributed by atoms with E-state index in [0.29, 0.717) is 8.89 Å². The first-order chi connectivity index (χ1) is 15.1. The minimum atomic E-state index is -4.42. The average molecular weight is 534 g/mol. The maximum atomic E-state index is 13.4. The van der Waals surface area contributed by atoms with Gasteiger partial charge >= 0.3 is 0 Å². The third-order valence-corrected chi connectivity index (χ3v) is 8.14. The number of amidine groups is 1. The van der Waals surface area contributed by atoms with Crippen LogP contribution in [0.25, 0.3) is 0 Å². The van der Waals surface area contributed by atoms with Crippen LogP contribution in [0.5, 0.6) is 0 Å². The van der Waals surface area contributed by atoms with Crippen molar-refractivity contribution in [2.24, 2.45) is 4.40 Å². The maximum absolute atomic E-state index is 13.4. The van der Waals surface area contributed by atoms with Crippen molar-refractivity contribution in [3.63, 3.8) is 0 Å². The lowest BCUT2D eigenvalue weighted by Crippen LogP contribution is -2.49. The number of carbonyl (C=O) groups is 1. The molecule has 0 saturated carbocycles. The standard InChI is InChI=1S/C21H16BrN3O5S2/c1-14-6-12-17(13-7-14)32(29,30)25(21(26)15-8-10-16(22)11-9-15)23-20-18-4-2-3-5-19(18)31(27,28)24-20/h2-13H,1H3,(H,23,24). The number of halogens is 1. The van der Waals surface area contributed by atoms with E-state index in [9.17, 15) is 21.6 Å². The van der Waals surface area contributed by atoms with E-state index in [2.05, 4.69) is 25.8 Å². The van der Waals surface area contributed by atoms with Crippen molar-refractivity contribution in [1.82, 2.24) is 9.84 Å². The molecule has 32 heavy (non-hydrogen) atoms. The van der Waals surface area contributed by atoms with Gasteiger partial charge in [-0.05, 0) is 55.5 Å². The van der Waals surface area contributed by atoms with Crippen molar-refractivity contribution in [3.05, 3.63) is 94.0 Å². The van der Waals surface area contributed by atoms with Gasteiger partial charge in [-0.15, -0.1) is 8.81 Å². The Kier molecular flexibility index (Phi) is 5.65. The van der Waals surface area contributed by atoms with Crippen LogP contribution < -0.4 is 5.43 Å². The monoisotopic (exact) mass is 533 g/mol. The van der Waals surface area contributed by atoms with Crippen molar-refractivity contribution >= 4 is 47.7 Å². The summed E-state index contributed by atoms with van der Waals surface area (Å²) in [6.45, 7) is 1.80. The van der Waals surface area contributed by atoms with E-state index >= 15 is 0 Å². The molecule has 0 spiro atoms. The Bertz CT molecular complexity index is 1450. The number of carbonyl (C=O) groups excluding carboxylic acids is 1. The van der Waals surface area contributed by atoms with Gasteiger partial charge in [0.1, 0.15) is 4.90 Å². The molecule has 1 heterocycles. The van der Waals surface area contributed by atoms with Crippen LogP contribution in [-0.2, 0) is 20.0 Å². The summed E-state index contributed by atoms with van der Waals surface area (Å²) >= 11 is 3.27. The number of fused-ring (bicyclic) bond motifs is 1. The van der Waals surface area contributed by atoms with Crippen molar-refractivity contribution in [3.8, 4) is 0 Å². The van der Waals surface area contributed by atoms with Crippen molar-refractivity contribution in [1.29, 1.82) is 0 Å². The molecule has 3 aromatic carbocycles. The lowest BCUT2D eigenvalue weighted by Gasteiger charge is -2.24. The minimum absolute atomic E-state index is 0.0751. The number of rotatable bonds is 3. The number of hydrogen-bond donors (Lipinski definition) is 1. The molecule has 0 saturated heterocycles. The van der Waals surface area contributed by atoms with Crippen LogP contribution in [-0.4, -0.2) is 33.0 Å². The van der Waals surface area contributed by atoms with Gasteiger partial charge < -0.3 is 0 Å². The molecule has 11 heteroatoms. The van der Waals surface area contributed by atoms with E-state index < -0.39 is 26.0 Å². The SMILES string of the molecule is Cc1ccc(S(=O)(=O)N(NC2=NS(=O)(=O)c3ccccc32)C(=O)c2ccc(Br)cc2)cc1. The molecule has 0 atom stereocenters. The van der Waals surface area contributed by atoms with Crippen LogP contribution in [0.15, 0.2) is 91.5 Å². The number of hydrogen-bond acceptors (Lipinski definition) is 6. The number of nitrogens with one attached hydrogen (secondary N) is 1. The van der Waals surface area contributed by atoms with Crippen LogP contribution in [0.4, 0.5) is 0 Å². The number of sulfonamides is 2. The number of hydrazine groups is 1.